The van der Waals surface area contributed by atoms with Crippen LogP contribution in [-0.4, -0.2) is 41.6 Å². The Morgan fingerprint density at radius 2 is 2.14 bits per heavy atom. The van der Waals surface area contributed by atoms with Crippen molar-refractivity contribution in [3.8, 4) is 0 Å². The van der Waals surface area contributed by atoms with Gasteiger partial charge >= 0.3 is 5.97 Å². The topological polar surface area (TPSA) is 66.8 Å². The number of carboxylic acid groups (broad SMARTS) is 1. The normalized spacial score (nSPS) is 12.0. The highest BCUT2D eigenvalue weighted by atomic mass is 79.9. The quantitative estimate of drug-likeness (QED) is 0.776. The average molecular weight is 358 g/mol. The van der Waals surface area contributed by atoms with Crippen LogP contribution in [0.4, 0.5) is 0 Å². The molecule has 0 saturated carbocycles. The molecule has 0 radical (unpaired) electrons. The third kappa shape index (κ3) is 5.85. The summed E-state index contributed by atoms with van der Waals surface area (Å²) in [5.74, 6) is -1.10. The Kier molecular flexibility index (Phi) is 7.39. The molecule has 1 atom stereocenters. The lowest BCUT2D eigenvalue weighted by atomic mass is 10.1. The second-order valence-electron chi connectivity index (χ2n) is 4.67. The van der Waals surface area contributed by atoms with Gasteiger partial charge in [-0.05, 0) is 24.1 Å². The summed E-state index contributed by atoms with van der Waals surface area (Å²) in [6, 6.07) is 7.60. The number of halogens is 1. The van der Waals surface area contributed by atoms with E-state index in [1.54, 1.807) is 0 Å². The molecular weight excluding hydrogens is 338 g/mol. The highest BCUT2D eigenvalue weighted by molar-refractivity contribution is 9.10. The summed E-state index contributed by atoms with van der Waals surface area (Å²) in [5, 5.41) is 8.83. The van der Waals surface area contributed by atoms with E-state index in [9.17, 15) is 9.59 Å². The summed E-state index contributed by atoms with van der Waals surface area (Å²) in [6.07, 6.45) is -0.0666. The minimum absolute atomic E-state index is 0.0834. The molecule has 0 aliphatic carbocycles. The maximum atomic E-state index is 12.4. The van der Waals surface area contributed by atoms with E-state index in [0.29, 0.717) is 13.0 Å². The van der Waals surface area contributed by atoms with Crippen molar-refractivity contribution in [2.45, 2.75) is 32.4 Å². The molecule has 1 unspecified atom stereocenters. The van der Waals surface area contributed by atoms with E-state index in [4.69, 9.17) is 9.84 Å². The Balaban J connectivity index is 2.85. The van der Waals surface area contributed by atoms with Gasteiger partial charge in [-0.1, -0.05) is 35.0 Å². The zero-order valence-electron chi connectivity index (χ0n) is 12.2. The second kappa shape index (κ2) is 8.79. The summed E-state index contributed by atoms with van der Waals surface area (Å²) in [4.78, 5) is 24.7. The summed E-state index contributed by atoms with van der Waals surface area (Å²) >= 11 is 3.39. The maximum absolute atomic E-state index is 12.4. The van der Waals surface area contributed by atoms with Gasteiger partial charge in [0.05, 0.1) is 6.42 Å². The molecule has 1 amide bonds. The second-order valence-corrected chi connectivity index (χ2v) is 5.58. The van der Waals surface area contributed by atoms with E-state index in [0.717, 1.165) is 10.0 Å². The number of hydrogen-bond acceptors (Lipinski definition) is 3. The number of carbonyl (C=O) groups is 2. The number of carboxylic acids is 1. The molecule has 21 heavy (non-hydrogen) atoms. The van der Waals surface area contributed by atoms with E-state index in [2.05, 4.69) is 15.9 Å². The molecule has 0 aliphatic heterocycles. The fraction of sp³-hybridized carbons (Fsp3) is 0.467. The van der Waals surface area contributed by atoms with Crippen molar-refractivity contribution in [2.24, 2.45) is 0 Å². The molecule has 0 saturated heterocycles. The first-order valence-electron chi connectivity index (χ1n) is 6.75. The van der Waals surface area contributed by atoms with Crippen LogP contribution in [0.2, 0.25) is 0 Å². The summed E-state index contributed by atoms with van der Waals surface area (Å²) in [6.45, 7) is 2.40. The molecule has 1 aromatic rings. The van der Waals surface area contributed by atoms with Crippen molar-refractivity contribution in [1.82, 2.24) is 4.90 Å². The number of carbonyl (C=O) groups excluding carboxylic acids is 1. The standard InChI is InChI=1S/C15H20BrNO4/c1-3-13(21-2)15(20)17(8-7-14(18)19)10-11-5-4-6-12(16)9-11/h4-6,9,13H,3,7-8,10H2,1-2H3,(H,18,19). The average Bonchev–Trinajstić information content (AvgIpc) is 2.44. The Hall–Kier alpha value is -1.40. The maximum Gasteiger partial charge on any atom is 0.305 e. The fourth-order valence-electron chi connectivity index (χ4n) is 2.00. The first-order chi connectivity index (χ1) is 9.97. The minimum atomic E-state index is -0.924. The van der Waals surface area contributed by atoms with Crippen LogP contribution in [0.5, 0.6) is 0 Å². The number of hydrogen-bond donors (Lipinski definition) is 1. The number of benzene rings is 1. The highest BCUT2D eigenvalue weighted by Gasteiger charge is 2.23. The van der Waals surface area contributed by atoms with Crippen molar-refractivity contribution in [2.75, 3.05) is 13.7 Å². The summed E-state index contributed by atoms with van der Waals surface area (Å²) in [7, 11) is 1.49. The molecule has 0 aliphatic rings. The Morgan fingerprint density at radius 1 is 1.43 bits per heavy atom. The van der Waals surface area contributed by atoms with Gasteiger partial charge in [0.2, 0.25) is 0 Å². The van der Waals surface area contributed by atoms with Crippen molar-refractivity contribution in [3.05, 3.63) is 34.3 Å². The lowest BCUT2D eigenvalue weighted by Gasteiger charge is -2.26. The molecule has 0 heterocycles. The molecule has 116 valence electrons. The van der Waals surface area contributed by atoms with Crippen molar-refractivity contribution in [1.29, 1.82) is 0 Å². The van der Waals surface area contributed by atoms with E-state index >= 15 is 0 Å². The first kappa shape index (κ1) is 17.7. The lowest BCUT2D eigenvalue weighted by molar-refractivity contribution is -0.144. The number of ether oxygens (including phenoxy) is 1. The molecule has 0 aromatic heterocycles. The Labute approximate surface area is 133 Å². The van der Waals surface area contributed by atoms with Gasteiger partial charge in [0.15, 0.2) is 0 Å². The number of aliphatic carboxylic acids is 1. The fourth-order valence-corrected chi connectivity index (χ4v) is 2.45. The molecule has 1 rings (SSSR count). The molecule has 5 nitrogen and oxygen atoms in total. The predicted octanol–water partition coefficient (Wildman–Crippen LogP) is 2.68. The van der Waals surface area contributed by atoms with Gasteiger partial charge in [0.1, 0.15) is 6.10 Å². The highest BCUT2D eigenvalue weighted by Crippen LogP contribution is 2.15. The van der Waals surface area contributed by atoms with Crippen LogP contribution in [0.25, 0.3) is 0 Å². The van der Waals surface area contributed by atoms with Gasteiger partial charge in [0.25, 0.3) is 5.91 Å². The molecule has 1 aromatic carbocycles. The first-order valence-corrected chi connectivity index (χ1v) is 7.55. The predicted molar refractivity (Wildman–Crippen MR) is 82.9 cm³/mol. The van der Waals surface area contributed by atoms with Crippen LogP contribution in [0.15, 0.2) is 28.7 Å². The Morgan fingerprint density at radius 3 is 2.67 bits per heavy atom. The van der Waals surface area contributed by atoms with Gasteiger partial charge in [-0.2, -0.15) is 0 Å². The van der Waals surface area contributed by atoms with Gasteiger partial charge < -0.3 is 14.7 Å². The molecule has 0 spiro atoms. The van der Waals surface area contributed by atoms with Gasteiger partial charge in [0, 0.05) is 24.7 Å². The SMILES string of the molecule is CCC(OC)C(=O)N(CCC(=O)O)Cc1cccc(Br)c1. The van der Waals surface area contributed by atoms with E-state index in [-0.39, 0.29) is 18.9 Å². The number of amides is 1. The van der Waals surface area contributed by atoms with Crippen LogP contribution in [0, 0.1) is 0 Å². The molecule has 0 fully saturated rings. The van der Waals surface area contributed by atoms with Crippen LogP contribution >= 0.6 is 15.9 Å². The molecule has 0 bridgehead atoms. The van der Waals surface area contributed by atoms with Crippen LogP contribution < -0.4 is 0 Å². The Bertz CT molecular complexity index is 488. The van der Waals surface area contributed by atoms with Crippen molar-refractivity contribution in [3.63, 3.8) is 0 Å². The molecule has 1 N–H and O–H groups in total. The number of rotatable bonds is 8. The van der Waals surface area contributed by atoms with Crippen molar-refractivity contribution < 1.29 is 19.4 Å². The summed E-state index contributed by atoms with van der Waals surface area (Å²) in [5.41, 5.74) is 0.939. The van der Waals surface area contributed by atoms with Crippen molar-refractivity contribution >= 4 is 27.8 Å². The zero-order valence-corrected chi connectivity index (χ0v) is 13.8. The van der Waals surface area contributed by atoms with Crippen LogP contribution in [0.3, 0.4) is 0 Å². The number of methoxy groups -OCH3 is 1. The van der Waals surface area contributed by atoms with E-state index in [1.165, 1.54) is 12.0 Å². The zero-order chi connectivity index (χ0) is 15.8. The van der Waals surface area contributed by atoms with Gasteiger partial charge in [-0.25, -0.2) is 0 Å². The van der Waals surface area contributed by atoms with Gasteiger partial charge in [-0.15, -0.1) is 0 Å². The largest absolute Gasteiger partial charge is 0.481 e. The smallest absolute Gasteiger partial charge is 0.305 e. The van der Waals surface area contributed by atoms with E-state index < -0.39 is 12.1 Å². The monoisotopic (exact) mass is 357 g/mol. The third-order valence-corrected chi connectivity index (χ3v) is 3.59. The lowest BCUT2D eigenvalue weighted by Crippen LogP contribution is -2.40. The summed E-state index contributed by atoms with van der Waals surface area (Å²) < 4.78 is 6.08. The number of nitrogens with zero attached hydrogens (tertiary/aromatic N) is 1. The molecular formula is C15H20BrNO4. The van der Waals surface area contributed by atoms with E-state index in [1.807, 2.05) is 31.2 Å². The van der Waals surface area contributed by atoms with Gasteiger partial charge in [-0.3, -0.25) is 9.59 Å². The third-order valence-electron chi connectivity index (χ3n) is 3.10. The van der Waals surface area contributed by atoms with Crippen LogP contribution in [0.1, 0.15) is 25.3 Å². The van der Waals surface area contributed by atoms with Crippen LogP contribution in [-0.2, 0) is 20.9 Å². The molecule has 6 heteroatoms. The minimum Gasteiger partial charge on any atom is -0.481 e.